The minimum absolute atomic E-state index is 0.771. The number of hydrogen-bond acceptors (Lipinski definition) is 3. The third kappa shape index (κ3) is 4.34. The average Bonchev–Trinajstić information content (AvgIpc) is 2.37. The van der Waals surface area contributed by atoms with Crippen LogP contribution in [0.2, 0.25) is 19.6 Å². The molecule has 0 spiro atoms. The molecule has 1 aliphatic rings. The predicted molar refractivity (Wildman–Crippen MR) is 85.2 cm³/mol. The summed E-state index contributed by atoms with van der Waals surface area (Å²) in [7, 11) is -1.38. The molecule has 1 aromatic heterocycles. The molecular formula is C14H19BrN2OSi. The first-order valence-corrected chi connectivity index (χ1v) is 10.8. The Kier molecular flexibility index (Phi) is 4.66. The SMILES string of the molecule is C[Si](C)(C)C#Cc1ncc(Br)cc1N1CCOCC1. The molecule has 0 saturated carbocycles. The second kappa shape index (κ2) is 6.08. The van der Waals surface area contributed by atoms with Crippen molar-refractivity contribution in [3.8, 4) is 11.5 Å². The molecule has 2 heterocycles. The number of anilines is 1. The number of pyridine rings is 1. The Morgan fingerprint density at radius 1 is 1.32 bits per heavy atom. The lowest BCUT2D eigenvalue weighted by atomic mass is 10.2. The molecule has 0 unspecified atom stereocenters. The van der Waals surface area contributed by atoms with E-state index in [0.717, 1.165) is 42.2 Å². The molecule has 1 saturated heterocycles. The zero-order chi connectivity index (χ0) is 13.9. The smallest absolute Gasteiger partial charge is 0.135 e. The fourth-order valence-corrected chi connectivity index (χ4v) is 2.63. The Balaban J connectivity index is 2.34. The molecule has 1 fully saturated rings. The summed E-state index contributed by atoms with van der Waals surface area (Å²) in [5.74, 6) is 3.28. The van der Waals surface area contributed by atoms with Gasteiger partial charge >= 0.3 is 0 Å². The van der Waals surface area contributed by atoms with E-state index in [1.807, 2.05) is 6.20 Å². The van der Waals surface area contributed by atoms with Crippen molar-refractivity contribution in [2.24, 2.45) is 0 Å². The van der Waals surface area contributed by atoms with E-state index in [4.69, 9.17) is 4.74 Å². The standard InChI is InChI=1S/C14H19BrN2OSi/c1-19(2,3)9-4-13-14(10-12(15)11-16-13)17-5-7-18-8-6-17/h10-11H,5-8H2,1-3H3. The Morgan fingerprint density at radius 3 is 2.63 bits per heavy atom. The summed E-state index contributed by atoms with van der Waals surface area (Å²) in [6.07, 6.45) is 1.82. The Hall–Kier alpha value is -0.833. The minimum Gasteiger partial charge on any atom is -0.378 e. The Morgan fingerprint density at radius 2 is 2.00 bits per heavy atom. The fourth-order valence-electron chi connectivity index (χ4n) is 1.82. The zero-order valence-corrected chi connectivity index (χ0v) is 14.2. The van der Waals surface area contributed by atoms with E-state index in [0.29, 0.717) is 0 Å². The van der Waals surface area contributed by atoms with Gasteiger partial charge in [-0.25, -0.2) is 4.98 Å². The summed E-state index contributed by atoms with van der Waals surface area (Å²) < 4.78 is 6.40. The molecular weight excluding hydrogens is 320 g/mol. The van der Waals surface area contributed by atoms with Crippen LogP contribution in [0, 0.1) is 11.5 Å². The van der Waals surface area contributed by atoms with E-state index in [1.54, 1.807) is 0 Å². The van der Waals surface area contributed by atoms with Gasteiger partial charge in [0.25, 0.3) is 0 Å². The van der Waals surface area contributed by atoms with Crippen molar-refractivity contribution in [2.45, 2.75) is 19.6 Å². The number of aromatic nitrogens is 1. The molecule has 102 valence electrons. The molecule has 2 rings (SSSR count). The van der Waals surface area contributed by atoms with Crippen LogP contribution in [0.4, 0.5) is 5.69 Å². The lowest BCUT2D eigenvalue weighted by Crippen LogP contribution is -2.36. The van der Waals surface area contributed by atoms with E-state index >= 15 is 0 Å². The minimum atomic E-state index is -1.38. The Labute approximate surface area is 124 Å². The molecule has 0 radical (unpaired) electrons. The van der Waals surface area contributed by atoms with Gasteiger partial charge in [0.15, 0.2) is 0 Å². The quantitative estimate of drug-likeness (QED) is 0.581. The molecule has 0 amide bonds. The van der Waals surface area contributed by atoms with E-state index in [-0.39, 0.29) is 0 Å². The second-order valence-electron chi connectivity index (χ2n) is 5.62. The number of ether oxygens (including phenoxy) is 1. The molecule has 0 bridgehead atoms. The van der Waals surface area contributed by atoms with Crippen LogP contribution in [0.25, 0.3) is 0 Å². The predicted octanol–water partition coefficient (Wildman–Crippen LogP) is 2.91. The van der Waals surface area contributed by atoms with Crippen molar-refractivity contribution >= 4 is 29.7 Å². The number of rotatable bonds is 1. The number of nitrogens with zero attached hydrogens (tertiary/aromatic N) is 2. The van der Waals surface area contributed by atoms with Crippen molar-refractivity contribution in [1.82, 2.24) is 4.98 Å². The molecule has 0 aromatic carbocycles. The van der Waals surface area contributed by atoms with Crippen LogP contribution in [-0.2, 0) is 4.74 Å². The molecule has 5 heteroatoms. The van der Waals surface area contributed by atoms with Crippen molar-refractivity contribution < 1.29 is 4.74 Å². The highest BCUT2D eigenvalue weighted by atomic mass is 79.9. The lowest BCUT2D eigenvalue weighted by Gasteiger charge is -2.29. The van der Waals surface area contributed by atoms with E-state index in [1.165, 1.54) is 0 Å². The van der Waals surface area contributed by atoms with Crippen molar-refractivity contribution in [1.29, 1.82) is 0 Å². The number of halogens is 1. The van der Waals surface area contributed by atoms with Crippen molar-refractivity contribution in [3.63, 3.8) is 0 Å². The second-order valence-corrected chi connectivity index (χ2v) is 11.3. The van der Waals surface area contributed by atoms with Crippen LogP contribution >= 0.6 is 15.9 Å². The van der Waals surface area contributed by atoms with Crippen LogP contribution in [0.1, 0.15) is 5.69 Å². The normalized spacial score (nSPS) is 15.9. The van der Waals surface area contributed by atoms with Gasteiger partial charge in [0.2, 0.25) is 0 Å². The summed E-state index contributed by atoms with van der Waals surface area (Å²) in [4.78, 5) is 6.78. The summed E-state index contributed by atoms with van der Waals surface area (Å²) in [6.45, 7) is 10.1. The third-order valence-corrected chi connectivity index (χ3v) is 4.05. The summed E-state index contributed by atoms with van der Waals surface area (Å²) in [6, 6.07) is 2.10. The first-order valence-electron chi connectivity index (χ1n) is 6.47. The maximum absolute atomic E-state index is 5.40. The van der Waals surface area contributed by atoms with Gasteiger partial charge < -0.3 is 9.64 Å². The largest absolute Gasteiger partial charge is 0.378 e. The summed E-state index contributed by atoms with van der Waals surface area (Å²) in [5, 5.41) is 0. The van der Waals surface area contributed by atoms with Gasteiger partial charge in [-0.05, 0) is 22.0 Å². The number of hydrogen-bond donors (Lipinski definition) is 0. The van der Waals surface area contributed by atoms with E-state index in [2.05, 4.69) is 63.0 Å². The average molecular weight is 339 g/mol. The highest BCUT2D eigenvalue weighted by Gasteiger charge is 2.16. The van der Waals surface area contributed by atoms with E-state index < -0.39 is 8.07 Å². The first kappa shape index (κ1) is 14.6. The topological polar surface area (TPSA) is 25.4 Å². The van der Waals surface area contributed by atoms with Crippen LogP contribution in [0.15, 0.2) is 16.7 Å². The van der Waals surface area contributed by atoms with E-state index in [9.17, 15) is 0 Å². The van der Waals surface area contributed by atoms with Crippen LogP contribution in [0.3, 0.4) is 0 Å². The Bertz CT molecular complexity index is 510. The molecule has 0 atom stereocenters. The van der Waals surface area contributed by atoms with Gasteiger partial charge in [0.05, 0.1) is 18.9 Å². The molecule has 0 aliphatic carbocycles. The van der Waals surface area contributed by atoms with Crippen molar-refractivity contribution in [2.75, 3.05) is 31.2 Å². The zero-order valence-electron chi connectivity index (χ0n) is 11.7. The van der Waals surface area contributed by atoms with Gasteiger partial charge in [-0.15, -0.1) is 5.54 Å². The van der Waals surface area contributed by atoms with Gasteiger partial charge in [-0.1, -0.05) is 25.6 Å². The first-order chi connectivity index (χ1) is 8.96. The third-order valence-electron chi connectivity index (χ3n) is 2.74. The van der Waals surface area contributed by atoms with Gasteiger partial charge in [0, 0.05) is 23.8 Å². The highest BCUT2D eigenvalue weighted by Crippen LogP contribution is 2.23. The van der Waals surface area contributed by atoms with Crippen LogP contribution in [0.5, 0.6) is 0 Å². The van der Waals surface area contributed by atoms with Gasteiger partial charge in [0.1, 0.15) is 13.8 Å². The summed E-state index contributed by atoms with van der Waals surface area (Å²) in [5.41, 5.74) is 5.39. The molecule has 1 aliphatic heterocycles. The monoisotopic (exact) mass is 338 g/mol. The molecule has 1 aromatic rings. The maximum Gasteiger partial charge on any atom is 0.135 e. The summed E-state index contributed by atoms with van der Waals surface area (Å²) >= 11 is 3.49. The molecule has 0 N–H and O–H groups in total. The highest BCUT2D eigenvalue weighted by molar-refractivity contribution is 9.10. The number of morpholine rings is 1. The van der Waals surface area contributed by atoms with Crippen LogP contribution < -0.4 is 4.90 Å². The fraction of sp³-hybridized carbons (Fsp3) is 0.500. The van der Waals surface area contributed by atoms with Crippen LogP contribution in [-0.4, -0.2) is 39.4 Å². The molecule has 19 heavy (non-hydrogen) atoms. The maximum atomic E-state index is 5.40. The lowest BCUT2D eigenvalue weighted by molar-refractivity contribution is 0.122. The van der Waals surface area contributed by atoms with Gasteiger partial charge in [-0.2, -0.15) is 0 Å². The van der Waals surface area contributed by atoms with Crippen molar-refractivity contribution in [3.05, 3.63) is 22.4 Å². The van der Waals surface area contributed by atoms with Gasteiger partial charge in [-0.3, -0.25) is 0 Å². The molecule has 3 nitrogen and oxygen atoms in total.